The summed E-state index contributed by atoms with van der Waals surface area (Å²) in [6.07, 6.45) is 3.66. The van der Waals surface area contributed by atoms with E-state index in [2.05, 4.69) is 53.2 Å². The first-order chi connectivity index (χ1) is 10.1. The van der Waals surface area contributed by atoms with Crippen LogP contribution in [-0.2, 0) is 6.42 Å². The first kappa shape index (κ1) is 15.8. The van der Waals surface area contributed by atoms with Crippen LogP contribution in [0, 0.1) is 13.8 Å². The molecule has 2 aromatic rings. The van der Waals surface area contributed by atoms with E-state index < -0.39 is 0 Å². The van der Waals surface area contributed by atoms with Gasteiger partial charge in [-0.25, -0.2) is 15.0 Å². The van der Waals surface area contributed by atoms with Crippen LogP contribution in [0.4, 0.5) is 5.82 Å². The number of hydrogen-bond acceptors (Lipinski definition) is 5. The Labute approximate surface area is 130 Å². The van der Waals surface area contributed by atoms with E-state index in [1.807, 2.05) is 6.92 Å². The molecule has 0 bridgehead atoms. The van der Waals surface area contributed by atoms with E-state index in [1.54, 1.807) is 18.1 Å². The van der Waals surface area contributed by atoms with Crippen LogP contribution >= 0.6 is 11.8 Å². The van der Waals surface area contributed by atoms with Crippen molar-refractivity contribution in [3.8, 4) is 0 Å². The van der Waals surface area contributed by atoms with Gasteiger partial charge in [0.15, 0.2) is 0 Å². The van der Waals surface area contributed by atoms with Crippen LogP contribution in [0.25, 0.3) is 0 Å². The molecule has 0 atom stereocenters. The predicted molar refractivity (Wildman–Crippen MR) is 88.0 cm³/mol. The van der Waals surface area contributed by atoms with Crippen LogP contribution in [0.1, 0.15) is 37.1 Å². The molecule has 2 aromatic heterocycles. The van der Waals surface area contributed by atoms with Crippen molar-refractivity contribution in [2.75, 3.05) is 11.9 Å². The first-order valence-corrected chi connectivity index (χ1v) is 8.16. The number of nitrogens with zero attached hydrogens (tertiary/aromatic N) is 3. The van der Waals surface area contributed by atoms with E-state index in [1.165, 1.54) is 11.1 Å². The largest absolute Gasteiger partial charge is 0.370 e. The minimum atomic E-state index is 0.861. The van der Waals surface area contributed by atoms with Gasteiger partial charge in [-0.15, -0.1) is 0 Å². The Morgan fingerprint density at radius 2 is 1.95 bits per heavy atom. The van der Waals surface area contributed by atoms with Gasteiger partial charge in [0.25, 0.3) is 0 Å². The lowest BCUT2D eigenvalue weighted by molar-refractivity contribution is 0.854. The summed E-state index contributed by atoms with van der Waals surface area (Å²) < 4.78 is 0. The van der Waals surface area contributed by atoms with Gasteiger partial charge in [-0.2, -0.15) is 0 Å². The minimum absolute atomic E-state index is 0.861. The summed E-state index contributed by atoms with van der Waals surface area (Å²) in [4.78, 5) is 13.4. The van der Waals surface area contributed by atoms with Crippen molar-refractivity contribution in [3.05, 3.63) is 35.3 Å². The van der Waals surface area contributed by atoms with Gasteiger partial charge in [-0.1, -0.05) is 13.3 Å². The van der Waals surface area contributed by atoms with Crippen LogP contribution in [0.15, 0.2) is 28.5 Å². The van der Waals surface area contributed by atoms with Crippen molar-refractivity contribution < 1.29 is 0 Å². The molecule has 4 nitrogen and oxygen atoms in total. The van der Waals surface area contributed by atoms with E-state index in [0.717, 1.165) is 41.0 Å². The fraction of sp³-hybridized carbons (Fsp3) is 0.438. The molecule has 21 heavy (non-hydrogen) atoms. The first-order valence-electron chi connectivity index (χ1n) is 7.35. The Kier molecular flexibility index (Phi) is 5.56. The number of aryl methyl sites for hydroxylation is 2. The van der Waals surface area contributed by atoms with Crippen LogP contribution in [0.2, 0.25) is 0 Å². The lowest BCUT2D eigenvalue weighted by Gasteiger charge is -2.12. The monoisotopic (exact) mass is 302 g/mol. The Morgan fingerprint density at radius 1 is 1.14 bits per heavy atom. The summed E-state index contributed by atoms with van der Waals surface area (Å²) in [5.41, 5.74) is 3.45. The Hall–Kier alpha value is -1.62. The molecule has 0 radical (unpaired) electrons. The molecule has 0 aliphatic rings. The van der Waals surface area contributed by atoms with Crippen LogP contribution in [-0.4, -0.2) is 21.5 Å². The van der Waals surface area contributed by atoms with Crippen LogP contribution < -0.4 is 5.32 Å². The molecule has 112 valence electrons. The number of anilines is 1. The summed E-state index contributed by atoms with van der Waals surface area (Å²) in [5.74, 6) is 0.946. The highest BCUT2D eigenvalue weighted by atomic mass is 32.2. The van der Waals surface area contributed by atoms with E-state index in [4.69, 9.17) is 0 Å². The van der Waals surface area contributed by atoms with Crippen molar-refractivity contribution in [2.45, 2.75) is 50.6 Å². The minimum Gasteiger partial charge on any atom is -0.370 e. The Bertz CT molecular complexity index is 593. The van der Waals surface area contributed by atoms with E-state index in [9.17, 15) is 0 Å². The van der Waals surface area contributed by atoms with Crippen molar-refractivity contribution in [2.24, 2.45) is 0 Å². The zero-order chi connectivity index (χ0) is 15.2. The maximum absolute atomic E-state index is 4.59. The molecule has 0 saturated heterocycles. The van der Waals surface area contributed by atoms with Gasteiger partial charge >= 0.3 is 0 Å². The topological polar surface area (TPSA) is 50.7 Å². The van der Waals surface area contributed by atoms with E-state index in [-0.39, 0.29) is 0 Å². The molecular weight excluding hydrogens is 280 g/mol. The van der Waals surface area contributed by atoms with Crippen molar-refractivity contribution in [1.29, 1.82) is 0 Å². The average molecular weight is 302 g/mol. The lowest BCUT2D eigenvalue weighted by Crippen LogP contribution is -2.06. The number of hydrogen-bond donors (Lipinski definition) is 1. The maximum atomic E-state index is 4.59. The normalized spacial score (nSPS) is 10.7. The third-order valence-corrected chi connectivity index (χ3v) is 3.99. The highest BCUT2D eigenvalue weighted by molar-refractivity contribution is 7.99. The lowest BCUT2D eigenvalue weighted by atomic mass is 10.2. The predicted octanol–water partition coefficient (Wildman–Crippen LogP) is 4.02. The molecule has 0 spiro atoms. The highest BCUT2D eigenvalue weighted by Crippen LogP contribution is 2.31. The van der Waals surface area contributed by atoms with Crippen molar-refractivity contribution in [3.63, 3.8) is 0 Å². The molecule has 0 fully saturated rings. The number of rotatable bonds is 6. The number of aromatic nitrogens is 3. The molecule has 2 heterocycles. The summed E-state index contributed by atoms with van der Waals surface area (Å²) in [6.45, 7) is 9.23. The third kappa shape index (κ3) is 4.17. The fourth-order valence-corrected chi connectivity index (χ4v) is 3.29. The zero-order valence-corrected chi connectivity index (χ0v) is 13.9. The molecular formula is C16H22N4S. The molecule has 2 rings (SSSR count). The Morgan fingerprint density at radius 3 is 2.62 bits per heavy atom. The smallest absolute Gasteiger partial charge is 0.133 e. The second-order valence-electron chi connectivity index (χ2n) is 5.01. The molecule has 0 amide bonds. The third-order valence-electron chi connectivity index (χ3n) is 3.03. The standard InChI is InChI=1S/C16H22N4S/c1-5-7-13-15(17-6-2)18-10-19-16(13)21-14-9-11(3)8-12(4)20-14/h8-10H,5-7H2,1-4H3,(H,17,18,19). The summed E-state index contributed by atoms with van der Waals surface area (Å²) in [7, 11) is 0. The second-order valence-corrected chi connectivity index (χ2v) is 6.02. The van der Waals surface area contributed by atoms with Gasteiger partial charge in [-0.05, 0) is 56.7 Å². The van der Waals surface area contributed by atoms with Gasteiger partial charge in [0.1, 0.15) is 22.2 Å². The molecule has 5 heteroatoms. The summed E-state index contributed by atoms with van der Waals surface area (Å²) in [5, 5.41) is 5.32. The fourth-order valence-electron chi connectivity index (χ4n) is 2.23. The van der Waals surface area contributed by atoms with Gasteiger partial charge in [-0.3, -0.25) is 0 Å². The average Bonchev–Trinajstić information content (AvgIpc) is 2.41. The molecule has 0 saturated carbocycles. The van der Waals surface area contributed by atoms with Gasteiger partial charge in [0, 0.05) is 17.8 Å². The summed E-state index contributed by atoms with van der Waals surface area (Å²) in [6, 6.07) is 4.18. The summed E-state index contributed by atoms with van der Waals surface area (Å²) >= 11 is 1.62. The molecule has 0 aliphatic heterocycles. The van der Waals surface area contributed by atoms with Crippen LogP contribution in [0.3, 0.4) is 0 Å². The van der Waals surface area contributed by atoms with Crippen molar-refractivity contribution in [1.82, 2.24) is 15.0 Å². The maximum Gasteiger partial charge on any atom is 0.133 e. The van der Waals surface area contributed by atoms with Gasteiger partial charge in [0.2, 0.25) is 0 Å². The quantitative estimate of drug-likeness (QED) is 0.817. The SMILES string of the molecule is CCCc1c(NCC)ncnc1Sc1cc(C)cc(C)n1. The number of pyridine rings is 1. The Balaban J connectivity index is 2.35. The molecule has 0 aromatic carbocycles. The van der Waals surface area contributed by atoms with Gasteiger partial charge in [0.05, 0.1) is 0 Å². The van der Waals surface area contributed by atoms with Crippen LogP contribution in [0.5, 0.6) is 0 Å². The molecule has 1 N–H and O–H groups in total. The zero-order valence-electron chi connectivity index (χ0n) is 13.1. The van der Waals surface area contributed by atoms with E-state index >= 15 is 0 Å². The van der Waals surface area contributed by atoms with Crippen molar-refractivity contribution >= 4 is 17.6 Å². The molecule has 0 aliphatic carbocycles. The molecule has 0 unspecified atom stereocenters. The van der Waals surface area contributed by atoms with E-state index in [0.29, 0.717) is 0 Å². The van der Waals surface area contributed by atoms with Gasteiger partial charge < -0.3 is 5.32 Å². The second kappa shape index (κ2) is 7.41. The highest BCUT2D eigenvalue weighted by Gasteiger charge is 2.12. The number of nitrogens with one attached hydrogen (secondary N) is 1.